The van der Waals surface area contributed by atoms with E-state index in [-0.39, 0.29) is 12.5 Å². The molecule has 0 spiro atoms. The number of carbonyl (C=O) groups is 2. The van der Waals surface area contributed by atoms with Gasteiger partial charge in [0, 0.05) is 6.42 Å². The fraction of sp³-hybridized carbons (Fsp3) is 0.333. The van der Waals surface area contributed by atoms with Gasteiger partial charge < -0.3 is 10.1 Å². The molecule has 0 saturated heterocycles. The summed E-state index contributed by atoms with van der Waals surface area (Å²) in [6.45, 7) is 0.363. The molecule has 2 N–H and O–H groups in total. The Hall–Kier alpha value is -2.32. The van der Waals surface area contributed by atoms with Crippen molar-refractivity contribution in [1.29, 1.82) is 0 Å². The van der Waals surface area contributed by atoms with Crippen LogP contribution < -0.4 is 10.6 Å². The molecule has 0 bridgehead atoms. The number of hydrogen-bond donors (Lipinski definition) is 2. The highest BCUT2D eigenvalue weighted by Crippen LogP contribution is 2.04. The van der Waals surface area contributed by atoms with E-state index < -0.39 is 12.0 Å². The first-order valence-electron chi connectivity index (χ1n) is 6.22. The van der Waals surface area contributed by atoms with Crippen molar-refractivity contribution in [3.8, 4) is 12.3 Å². The minimum Gasteiger partial charge on any atom is -0.467 e. The number of methoxy groups -OCH3 is 1. The van der Waals surface area contributed by atoms with E-state index in [1.807, 2.05) is 30.3 Å². The molecule has 1 aromatic carbocycles. The minimum atomic E-state index is -0.706. The average molecular weight is 274 g/mol. The Morgan fingerprint density at radius 2 is 2.05 bits per heavy atom. The number of esters is 1. The van der Waals surface area contributed by atoms with Crippen LogP contribution in [0.15, 0.2) is 30.3 Å². The average Bonchev–Trinajstić information content (AvgIpc) is 2.47. The van der Waals surface area contributed by atoms with Crippen molar-refractivity contribution in [3.63, 3.8) is 0 Å². The fourth-order valence-corrected chi connectivity index (χ4v) is 1.68. The zero-order valence-electron chi connectivity index (χ0n) is 11.4. The van der Waals surface area contributed by atoms with Crippen molar-refractivity contribution in [2.24, 2.45) is 0 Å². The van der Waals surface area contributed by atoms with Gasteiger partial charge in [0.05, 0.1) is 20.2 Å². The first-order chi connectivity index (χ1) is 9.67. The summed E-state index contributed by atoms with van der Waals surface area (Å²) in [5.41, 5.74) is 0.944. The van der Waals surface area contributed by atoms with Crippen molar-refractivity contribution in [2.45, 2.75) is 12.5 Å². The minimum absolute atomic E-state index is 0.0620. The Bertz CT molecular complexity index is 480. The molecule has 0 aliphatic carbocycles. The van der Waals surface area contributed by atoms with Gasteiger partial charge >= 0.3 is 5.97 Å². The van der Waals surface area contributed by atoms with Crippen LogP contribution in [0.3, 0.4) is 0 Å². The Morgan fingerprint density at radius 1 is 1.35 bits per heavy atom. The topological polar surface area (TPSA) is 67.4 Å². The third kappa shape index (κ3) is 5.55. The van der Waals surface area contributed by atoms with Crippen LogP contribution in [0, 0.1) is 12.3 Å². The molecule has 1 atom stereocenters. The highest BCUT2D eigenvalue weighted by molar-refractivity contribution is 5.85. The largest absolute Gasteiger partial charge is 0.467 e. The number of ether oxygens (including phenoxy) is 1. The predicted octanol–water partition coefficient (Wildman–Crippen LogP) is 0.110. The van der Waals surface area contributed by atoms with Gasteiger partial charge in [0.1, 0.15) is 6.04 Å². The second kappa shape index (κ2) is 8.73. The lowest BCUT2D eigenvalue weighted by Gasteiger charge is -2.16. The van der Waals surface area contributed by atoms with Crippen molar-refractivity contribution in [2.75, 3.05) is 20.2 Å². The van der Waals surface area contributed by atoms with Crippen LogP contribution in [-0.2, 0) is 20.7 Å². The first kappa shape index (κ1) is 15.7. The molecule has 106 valence electrons. The lowest BCUT2D eigenvalue weighted by molar-refractivity contribution is -0.144. The van der Waals surface area contributed by atoms with Crippen molar-refractivity contribution in [1.82, 2.24) is 10.6 Å². The Labute approximate surface area is 118 Å². The molecule has 0 aliphatic rings. The predicted molar refractivity (Wildman–Crippen MR) is 75.8 cm³/mol. The highest BCUT2D eigenvalue weighted by atomic mass is 16.5. The third-order valence-electron chi connectivity index (χ3n) is 2.62. The zero-order chi connectivity index (χ0) is 14.8. The quantitative estimate of drug-likeness (QED) is 0.421. The van der Waals surface area contributed by atoms with Crippen molar-refractivity contribution >= 4 is 11.9 Å². The van der Waals surface area contributed by atoms with Crippen LogP contribution in [0.5, 0.6) is 0 Å². The number of nitrogens with one attached hydrogen (secondary N) is 2. The summed E-state index contributed by atoms with van der Waals surface area (Å²) in [4.78, 5) is 23.4. The molecule has 0 fully saturated rings. The van der Waals surface area contributed by atoms with Crippen molar-refractivity contribution < 1.29 is 14.3 Å². The molecule has 0 heterocycles. The maximum Gasteiger partial charge on any atom is 0.328 e. The second-order valence-electron chi connectivity index (χ2n) is 4.14. The number of hydrogen-bond acceptors (Lipinski definition) is 4. The van der Waals surface area contributed by atoms with Gasteiger partial charge in [0.25, 0.3) is 0 Å². The van der Waals surface area contributed by atoms with Crippen LogP contribution in [0.25, 0.3) is 0 Å². The van der Waals surface area contributed by atoms with Crippen molar-refractivity contribution in [3.05, 3.63) is 35.9 Å². The van der Waals surface area contributed by atoms with E-state index in [9.17, 15) is 9.59 Å². The number of benzene rings is 1. The van der Waals surface area contributed by atoms with Gasteiger partial charge in [-0.05, 0) is 5.56 Å². The normalized spacial score (nSPS) is 11.2. The maximum absolute atomic E-state index is 11.7. The zero-order valence-corrected chi connectivity index (χ0v) is 11.4. The summed E-state index contributed by atoms with van der Waals surface area (Å²) in [5.74, 6) is 1.59. The summed E-state index contributed by atoms with van der Waals surface area (Å²) >= 11 is 0. The van der Waals surface area contributed by atoms with Gasteiger partial charge in [0.2, 0.25) is 5.91 Å². The molecular formula is C15H18N2O3. The van der Waals surface area contributed by atoms with E-state index in [0.717, 1.165) is 5.56 Å². The monoisotopic (exact) mass is 274 g/mol. The summed E-state index contributed by atoms with van der Waals surface area (Å²) in [7, 11) is 1.29. The molecule has 1 rings (SSSR count). The molecule has 1 aromatic rings. The molecule has 1 amide bonds. The summed E-state index contributed by atoms with van der Waals surface area (Å²) in [5, 5.41) is 5.39. The molecule has 5 nitrogen and oxygen atoms in total. The molecule has 1 unspecified atom stereocenters. The number of amides is 1. The molecular weight excluding hydrogens is 256 g/mol. The fourth-order valence-electron chi connectivity index (χ4n) is 1.68. The molecule has 5 heteroatoms. The lowest BCUT2D eigenvalue weighted by Crippen LogP contribution is -2.46. The maximum atomic E-state index is 11.7. The molecule has 0 aliphatic heterocycles. The first-order valence-corrected chi connectivity index (χ1v) is 6.22. The van der Waals surface area contributed by atoms with Crippen LogP contribution in [0.2, 0.25) is 0 Å². The highest BCUT2D eigenvalue weighted by Gasteiger charge is 2.21. The van der Waals surface area contributed by atoms with Gasteiger partial charge in [0.15, 0.2) is 0 Å². The second-order valence-corrected chi connectivity index (χ2v) is 4.14. The van der Waals surface area contributed by atoms with Crippen LogP contribution >= 0.6 is 0 Å². The van der Waals surface area contributed by atoms with E-state index in [2.05, 4.69) is 16.6 Å². The van der Waals surface area contributed by atoms with Gasteiger partial charge in [-0.1, -0.05) is 36.3 Å². The van der Waals surface area contributed by atoms with Gasteiger partial charge in [-0.2, -0.15) is 0 Å². The lowest BCUT2D eigenvalue weighted by atomic mass is 10.1. The number of carbonyl (C=O) groups excluding carboxylic acids is 2. The van der Waals surface area contributed by atoms with Gasteiger partial charge in [-0.15, -0.1) is 6.42 Å². The number of rotatable bonds is 7. The Morgan fingerprint density at radius 3 is 2.65 bits per heavy atom. The molecule has 0 saturated carbocycles. The van der Waals surface area contributed by atoms with Gasteiger partial charge in [-0.25, -0.2) is 4.79 Å². The van der Waals surface area contributed by atoms with Crippen LogP contribution in [0.1, 0.15) is 5.56 Å². The summed E-state index contributed by atoms with van der Waals surface area (Å²) < 4.78 is 4.70. The Kier molecular flexibility index (Phi) is 6.87. The molecule has 20 heavy (non-hydrogen) atoms. The molecule has 0 radical (unpaired) electrons. The van der Waals surface area contributed by atoms with E-state index in [1.165, 1.54) is 7.11 Å². The standard InChI is InChI=1S/C15H18N2O3/c1-3-9-16-11-14(18)17-13(15(19)20-2)10-12-7-5-4-6-8-12/h1,4-8,13,16H,9-11H2,2H3,(H,17,18). The molecule has 0 aromatic heterocycles. The van der Waals surface area contributed by atoms with E-state index in [4.69, 9.17) is 11.2 Å². The third-order valence-corrected chi connectivity index (χ3v) is 2.62. The number of terminal acetylenes is 1. The van der Waals surface area contributed by atoms with E-state index in [0.29, 0.717) is 13.0 Å². The van der Waals surface area contributed by atoms with E-state index >= 15 is 0 Å². The summed E-state index contributed by atoms with van der Waals surface area (Å²) in [6, 6.07) is 8.71. The smallest absolute Gasteiger partial charge is 0.328 e. The Balaban J connectivity index is 2.59. The van der Waals surface area contributed by atoms with Gasteiger partial charge in [-0.3, -0.25) is 10.1 Å². The van der Waals surface area contributed by atoms with E-state index in [1.54, 1.807) is 0 Å². The van der Waals surface area contributed by atoms with Crippen LogP contribution in [-0.4, -0.2) is 38.1 Å². The van der Waals surface area contributed by atoms with Crippen LogP contribution in [0.4, 0.5) is 0 Å². The SMILES string of the molecule is C#CCNCC(=O)NC(Cc1ccccc1)C(=O)OC. The summed E-state index contributed by atoms with van der Waals surface area (Å²) in [6.07, 6.45) is 5.45.